The van der Waals surface area contributed by atoms with Gasteiger partial charge in [0, 0.05) is 11.8 Å². The molecule has 3 rings (SSSR count). The minimum absolute atomic E-state index is 0.149. The Labute approximate surface area is 124 Å². The van der Waals surface area contributed by atoms with Gasteiger partial charge in [0.1, 0.15) is 5.01 Å². The van der Waals surface area contributed by atoms with Crippen LogP contribution in [0.15, 0.2) is 0 Å². The van der Waals surface area contributed by atoms with Crippen molar-refractivity contribution in [2.45, 2.75) is 70.1 Å². The Bertz CT molecular complexity index is 448. The van der Waals surface area contributed by atoms with Gasteiger partial charge >= 0.3 is 0 Å². The zero-order valence-electron chi connectivity index (χ0n) is 11.9. The minimum Gasteiger partial charge on any atom is -0.300 e. The highest BCUT2D eigenvalue weighted by Gasteiger charge is 2.23. The average molecular weight is 293 g/mol. The van der Waals surface area contributed by atoms with Crippen LogP contribution >= 0.6 is 11.3 Å². The highest BCUT2D eigenvalue weighted by molar-refractivity contribution is 7.15. The fourth-order valence-electron chi connectivity index (χ4n) is 3.37. The molecule has 0 radical (unpaired) electrons. The molecule has 2 aliphatic carbocycles. The van der Waals surface area contributed by atoms with Crippen molar-refractivity contribution in [2.24, 2.45) is 5.92 Å². The van der Waals surface area contributed by atoms with Gasteiger partial charge in [-0.15, -0.1) is 10.2 Å². The lowest BCUT2D eigenvalue weighted by molar-refractivity contribution is -0.120. The molecule has 0 spiro atoms. The highest BCUT2D eigenvalue weighted by atomic mass is 32.1. The van der Waals surface area contributed by atoms with E-state index in [0.29, 0.717) is 11.0 Å². The van der Waals surface area contributed by atoms with Gasteiger partial charge in [-0.3, -0.25) is 4.79 Å². The Balaban J connectivity index is 1.57. The molecule has 0 atom stereocenters. The fourth-order valence-corrected chi connectivity index (χ4v) is 4.29. The molecule has 0 bridgehead atoms. The molecule has 2 saturated carbocycles. The molecule has 4 nitrogen and oxygen atoms in total. The summed E-state index contributed by atoms with van der Waals surface area (Å²) in [6.07, 6.45) is 12.1. The lowest BCUT2D eigenvalue weighted by Crippen LogP contribution is -2.24. The maximum absolute atomic E-state index is 12.2. The lowest BCUT2D eigenvalue weighted by Gasteiger charge is -2.20. The molecule has 2 fully saturated rings. The summed E-state index contributed by atoms with van der Waals surface area (Å²) >= 11 is 1.58. The molecule has 20 heavy (non-hydrogen) atoms. The normalized spacial score (nSPS) is 21.8. The Morgan fingerprint density at radius 1 is 0.950 bits per heavy atom. The number of rotatable bonds is 3. The maximum atomic E-state index is 12.2. The van der Waals surface area contributed by atoms with Crippen molar-refractivity contribution in [3.63, 3.8) is 0 Å². The van der Waals surface area contributed by atoms with E-state index >= 15 is 0 Å². The first-order chi connectivity index (χ1) is 9.83. The van der Waals surface area contributed by atoms with Gasteiger partial charge in [0.2, 0.25) is 11.0 Å². The van der Waals surface area contributed by atoms with Gasteiger partial charge in [-0.2, -0.15) is 0 Å². The van der Waals surface area contributed by atoms with Gasteiger partial charge in [-0.1, -0.05) is 49.9 Å². The standard InChI is InChI=1S/C15H23N3OS/c19-13(11-7-3-1-4-8-11)16-15-18-17-14(20-15)12-9-5-2-6-10-12/h11-12H,1-10H2,(H,16,18,19). The van der Waals surface area contributed by atoms with Gasteiger partial charge in [0.15, 0.2) is 0 Å². The molecule has 0 unspecified atom stereocenters. The second-order valence-corrected chi connectivity index (χ2v) is 7.11. The van der Waals surface area contributed by atoms with E-state index in [-0.39, 0.29) is 11.8 Å². The van der Waals surface area contributed by atoms with Crippen LogP contribution in [0.2, 0.25) is 0 Å². The number of hydrogen-bond donors (Lipinski definition) is 1. The van der Waals surface area contributed by atoms with Crippen LogP contribution < -0.4 is 5.32 Å². The SMILES string of the molecule is O=C(Nc1nnc(C2CCCCC2)s1)C1CCCCC1. The summed E-state index contributed by atoms with van der Waals surface area (Å²) in [5.41, 5.74) is 0. The zero-order chi connectivity index (χ0) is 13.8. The predicted molar refractivity (Wildman–Crippen MR) is 80.9 cm³/mol. The number of anilines is 1. The van der Waals surface area contributed by atoms with Crippen LogP contribution in [0.3, 0.4) is 0 Å². The lowest BCUT2D eigenvalue weighted by atomic mass is 9.89. The topological polar surface area (TPSA) is 54.9 Å². The van der Waals surface area contributed by atoms with Crippen LogP contribution in [-0.4, -0.2) is 16.1 Å². The van der Waals surface area contributed by atoms with E-state index < -0.39 is 0 Å². The first kappa shape index (κ1) is 14.0. The summed E-state index contributed by atoms with van der Waals surface area (Å²) < 4.78 is 0. The van der Waals surface area contributed by atoms with Crippen molar-refractivity contribution in [2.75, 3.05) is 5.32 Å². The van der Waals surface area contributed by atoms with E-state index in [2.05, 4.69) is 15.5 Å². The number of hydrogen-bond acceptors (Lipinski definition) is 4. The Hall–Kier alpha value is -0.970. The summed E-state index contributed by atoms with van der Waals surface area (Å²) in [6.45, 7) is 0. The molecular weight excluding hydrogens is 270 g/mol. The van der Waals surface area contributed by atoms with E-state index in [9.17, 15) is 4.79 Å². The molecule has 1 N–H and O–H groups in total. The summed E-state index contributed by atoms with van der Waals surface area (Å²) in [6, 6.07) is 0. The molecular formula is C15H23N3OS. The third-order valence-electron chi connectivity index (χ3n) is 4.60. The number of carbonyl (C=O) groups excluding carboxylic acids is 1. The van der Waals surface area contributed by atoms with Crippen molar-refractivity contribution in [3.8, 4) is 0 Å². The number of nitrogens with zero attached hydrogens (tertiary/aromatic N) is 2. The molecule has 1 aromatic heterocycles. The van der Waals surface area contributed by atoms with Crippen LogP contribution in [0.4, 0.5) is 5.13 Å². The van der Waals surface area contributed by atoms with E-state index in [1.54, 1.807) is 11.3 Å². The molecule has 0 saturated heterocycles. The molecule has 1 heterocycles. The zero-order valence-corrected chi connectivity index (χ0v) is 12.8. The molecule has 110 valence electrons. The predicted octanol–water partition coefficient (Wildman–Crippen LogP) is 4.10. The summed E-state index contributed by atoms with van der Waals surface area (Å²) in [5.74, 6) is 0.906. The largest absolute Gasteiger partial charge is 0.300 e. The summed E-state index contributed by atoms with van der Waals surface area (Å²) in [7, 11) is 0. The van der Waals surface area contributed by atoms with E-state index in [4.69, 9.17) is 0 Å². The third-order valence-corrected chi connectivity index (χ3v) is 5.60. The number of carbonyl (C=O) groups is 1. The average Bonchev–Trinajstić information content (AvgIpc) is 2.97. The second-order valence-electron chi connectivity index (χ2n) is 6.10. The molecule has 1 amide bonds. The number of aromatic nitrogens is 2. The van der Waals surface area contributed by atoms with Crippen molar-refractivity contribution < 1.29 is 4.79 Å². The highest BCUT2D eigenvalue weighted by Crippen LogP contribution is 2.35. The van der Waals surface area contributed by atoms with Crippen LogP contribution in [0.5, 0.6) is 0 Å². The second kappa shape index (κ2) is 6.66. The smallest absolute Gasteiger partial charge is 0.229 e. The van der Waals surface area contributed by atoms with Gasteiger partial charge < -0.3 is 5.32 Å². The van der Waals surface area contributed by atoms with Gasteiger partial charge in [0.05, 0.1) is 0 Å². The third kappa shape index (κ3) is 3.37. The number of nitrogens with one attached hydrogen (secondary N) is 1. The van der Waals surface area contributed by atoms with Crippen LogP contribution in [0, 0.1) is 5.92 Å². The molecule has 0 aromatic carbocycles. The van der Waals surface area contributed by atoms with Gasteiger partial charge in [0.25, 0.3) is 0 Å². The quantitative estimate of drug-likeness (QED) is 0.912. The van der Waals surface area contributed by atoms with Gasteiger partial charge in [-0.05, 0) is 25.7 Å². The summed E-state index contributed by atoms with van der Waals surface area (Å²) in [4.78, 5) is 12.2. The van der Waals surface area contributed by atoms with Crippen molar-refractivity contribution >= 4 is 22.4 Å². The van der Waals surface area contributed by atoms with Crippen molar-refractivity contribution in [1.29, 1.82) is 0 Å². The monoisotopic (exact) mass is 293 g/mol. The van der Waals surface area contributed by atoms with E-state index in [0.717, 1.165) is 17.8 Å². The molecule has 2 aliphatic rings. The summed E-state index contributed by atoms with van der Waals surface area (Å²) in [5, 5.41) is 13.2. The molecule has 1 aromatic rings. The number of amides is 1. The molecule has 0 aliphatic heterocycles. The van der Waals surface area contributed by atoms with Crippen LogP contribution in [0.1, 0.15) is 75.1 Å². The molecule has 5 heteroatoms. The Morgan fingerprint density at radius 3 is 2.30 bits per heavy atom. The van der Waals surface area contributed by atoms with Crippen LogP contribution in [0.25, 0.3) is 0 Å². The minimum atomic E-state index is 0.149. The Morgan fingerprint density at radius 2 is 1.60 bits per heavy atom. The first-order valence-corrected chi connectivity index (χ1v) is 8.79. The van der Waals surface area contributed by atoms with Crippen LogP contribution in [-0.2, 0) is 4.79 Å². The fraction of sp³-hybridized carbons (Fsp3) is 0.800. The Kier molecular flexibility index (Phi) is 4.65. The van der Waals surface area contributed by atoms with Gasteiger partial charge in [-0.25, -0.2) is 0 Å². The first-order valence-electron chi connectivity index (χ1n) is 7.97. The van der Waals surface area contributed by atoms with Crippen molar-refractivity contribution in [3.05, 3.63) is 5.01 Å². The maximum Gasteiger partial charge on any atom is 0.229 e. The van der Waals surface area contributed by atoms with Crippen molar-refractivity contribution in [1.82, 2.24) is 10.2 Å². The van der Waals surface area contributed by atoms with E-state index in [1.807, 2.05) is 0 Å². The van der Waals surface area contributed by atoms with E-state index in [1.165, 1.54) is 51.4 Å².